The number of rotatable bonds is 7. The normalized spacial score (nSPS) is 24.2. The van der Waals surface area contributed by atoms with Crippen molar-refractivity contribution in [2.45, 2.75) is 31.7 Å². The van der Waals surface area contributed by atoms with Gasteiger partial charge in [-0.2, -0.15) is 0 Å². The van der Waals surface area contributed by atoms with Crippen LogP contribution >= 0.6 is 0 Å². The van der Waals surface area contributed by atoms with E-state index < -0.39 is 0 Å². The molecule has 0 aliphatic heterocycles. The van der Waals surface area contributed by atoms with E-state index in [1.807, 2.05) is 0 Å². The smallest absolute Gasteiger partial charge is 0.0599 e. The molecular weight excluding hydrogens is 176 g/mol. The number of aliphatic hydroxyl groups excluding tert-OH is 1. The molecule has 0 saturated heterocycles. The Morgan fingerprint density at radius 1 is 1.14 bits per heavy atom. The van der Waals surface area contributed by atoms with Crippen LogP contribution in [0.5, 0.6) is 0 Å². The maximum absolute atomic E-state index is 9.24. The summed E-state index contributed by atoms with van der Waals surface area (Å²) < 4.78 is 0. The molecule has 0 aromatic rings. The van der Waals surface area contributed by atoms with Gasteiger partial charge in [-0.25, -0.2) is 0 Å². The first-order valence-electron chi connectivity index (χ1n) is 5.88. The average Bonchev–Trinajstić information content (AvgIpc) is 3.00. The zero-order chi connectivity index (χ0) is 9.97. The topological polar surface area (TPSA) is 49.5 Å². The second kappa shape index (κ2) is 4.60. The Labute approximate surface area is 86.3 Å². The first-order chi connectivity index (χ1) is 6.83. The Hall–Kier alpha value is -0.120. The zero-order valence-electron chi connectivity index (χ0n) is 8.86. The Kier molecular flexibility index (Phi) is 3.42. The van der Waals surface area contributed by atoms with Gasteiger partial charge in [0.05, 0.1) is 6.61 Å². The Bertz CT molecular complexity index is 160. The van der Waals surface area contributed by atoms with Gasteiger partial charge in [-0.1, -0.05) is 0 Å². The van der Waals surface area contributed by atoms with Crippen LogP contribution in [0.2, 0.25) is 0 Å². The Morgan fingerprint density at radius 2 is 1.64 bits per heavy atom. The van der Waals surface area contributed by atoms with Crippen molar-refractivity contribution >= 4 is 0 Å². The van der Waals surface area contributed by atoms with Gasteiger partial charge in [-0.05, 0) is 37.5 Å². The van der Waals surface area contributed by atoms with Gasteiger partial charge < -0.3 is 10.8 Å². The molecule has 0 bridgehead atoms. The molecule has 0 aromatic carbocycles. The fraction of sp³-hybridized carbons (Fsp3) is 1.00. The van der Waals surface area contributed by atoms with Crippen LogP contribution in [0.25, 0.3) is 0 Å². The molecule has 14 heavy (non-hydrogen) atoms. The van der Waals surface area contributed by atoms with E-state index in [2.05, 4.69) is 4.90 Å². The molecule has 3 heteroatoms. The van der Waals surface area contributed by atoms with E-state index in [0.29, 0.717) is 6.54 Å². The van der Waals surface area contributed by atoms with Crippen LogP contribution in [0.4, 0.5) is 0 Å². The average molecular weight is 198 g/mol. The first-order valence-corrected chi connectivity index (χ1v) is 5.88. The van der Waals surface area contributed by atoms with Gasteiger partial charge in [0.2, 0.25) is 0 Å². The number of aliphatic hydroxyl groups is 1. The van der Waals surface area contributed by atoms with Crippen LogP contribution in [0.15, 0.2) is 0 Å². The van der Waals surface area contributed by atoms with Gasteiger partial charge in [0.25, 0.3) is 0 Å². The fourth-order valence-corrected chi connectivity index (χ4v) is 1.98. The van der Waals surface area contributed by atoms with E-state index in [0.717, 1.165) is 11.8 Å². The molecule has 3 N–H and O–H groups in total. The minimum Gasteiger partial charge on any atom is -0.395 e. The molecule has 0 spiro atoms. The van der Waals surface area contributed by atoms with Gasteiger partial charge in [0.15, 0.2) is 0 Å². The van der Waals surface area contributed by atoms with Crippen molar-refractivity contribution in [3.8, 4) is 0 Å². The quantitative estimate of drug-likeness (QED) is 0.623. The lowest BCUT2D eigenvalue weighted by molar-refractivity contribution is 0.118. The monoisotopic (exact) mass is 198 g/mol. The summed E-state index contributed by atoms with van der Waals surface area (Å²) in [7, 11) is 0. The van der Waals surface area contributed by atoms with Crippen molar-refractivity contribution < 1.29 is 5.11 Å². The Balaban J connectivity index is 1.80. The van der Waals surface area contributed by atoms with Crippen LogP contribution in [-0.2, 0) is 0 Å². The SMILES string of the molecule is NCC(CO)N(CC1CC1)CC1CC1. The lowest BCUT2D eigenvalue weighted by Gasteiger charge is -2.29. The van der Waals surface area contributed by atoms with Crippen molar-refractivity contribution in [1.29, 1.82) is 0 Å². The predicted octanol–water partition coefficient (Wildman–Crippen LogP) is 0.428. The number of nitrogens with zero attached hydrogens (tertiary/aromatic N) is 1. The van der Waals surface area contributed by atoms with Crippen LogP contribution in [0, 0.1) is 11.8 Å². The molecule has 2 saturated carbocycles. The maximum Gasteiger partial charge on any atom is 0.0599 e. The number of hydrogen-bond acceptors (Lipinski definition) is 3. The van der Waals surface area contributed by atoms with Gasteiger partial charge in [0, 0.05) is 25.7 Å². The summed E-state index contributed by atoms with van der Waals surface area (Å²) in [5.74, 6) is 1.80. The van der Waals surface area contributed by atoms with Crippen LogP contribution < -0.4 is 5.73 Å². The highest BCUT2D eigenvalue weighted by atomic mass is 16.3. The molecule has 2 aliphatic carbocycles. The standard InChI is InChI=1S/C11H22N2O/c12-5-11(8-14)13(6-9-1-2-9)7-10-3-4-10/h9-11,14H,1-8,12H2. The third-order valence-electron chi connectivity index (χ3n) is 3.38. The third kappa shape index (κ3) is 2.94. The molecule has 2 fully saturated rings. The fourth-order valence-electron chi connectivity index (χ4n) is 1.98. The van der Waals surface area contributed by atoms with Crippen molar-refractivity contribution in [1.82, 2.24) is 4.90 Å². The molecule has 0 radical (unpaired) electrons. The summed E-state index contributed by atoms with van der Waals surface area (Å²) in [5.41, 5.74) is 5.67. The molecule has 2 aliphatic rings. The molecular formula is C11H22N2O. The molecule has 0 amide bonds. The summed E-state index contributed by atoms with van der Waals surface area (Å²) in [5, 5.41) is 9.24. The number of nitrogens with two attached hydrogens (primary N) is 1. The molecule has 3 nitrogen and oxygen atoms in total. The summed E-state index contributed by atoms with van der Waals surface area (Å²) in [6.07, 6.45) is 5.52. The molecule has 2 rings (SSSR count). The number of hydrogen-bond donors (Lipinski definition) is 2. The highest BCUT2D eigenvalue weighted by Gasteiger charge is 2.31. The van der Waals surface area contributed by atoms with E-state index in [-0.39, 0.29) is 12.6 Å². The van der Waals surface area contributed by atoms with Gasteiger partial charge in [-0.15, -0.1) is 0 Å². The molecule has 82 valence electrons. The molecule has 1 unspecified atom stereocenters. The zero-order valence-corrected chi connectivity index (χ0v) is 8.86. The van der Waals surface area contributed by atoms with E-state index in [4.69, 9.17) is 5.73 Å². The minimum atomic E-state index is 0.205. The summed E-state index contributed by atoms with van der Waals surface area (Å²) in [6.45, 7) is 3.14. The van der Waals surface area contributed by atoms with E-state index in [1.54, 1.807) is 0 Å². The summed E-state index contributed by atoms with van der Waals surface area (Å²) >= 11 is 0. The van der Waals surface area contributed by atoms with Gasteiger partial charge in [0.1, 0.15) is 0 Å². The first kappa shape index (κ1) is 10.4. The molecule has 0 heterocycles. The Morgan fingerprint density at radius 3 is 1.93 bits per heavy atom. The molecule has 1 atom stereocenters. The van der Waals surface area contributed by atoms with Crippen LogP contribution in [0.1, 0.15) is 25.7 Å². The van der Waals surface area contributed by atoms with E-state index in [1.165, 1.54) is 38.8 Å². The lowest BCUT2D eigenvalue weighted by Crippen LogP contribution is -2.45. The summed E-state index contributed by atoms with van der Waals surface area (Å²) in [4.78, 5) is 2.43. The molecule has 0 aromatic heterocycles. The predicted molar refractivity (Wildman–Crippen MR) is 56.9 cm³/mol. The van der Waals surface area contributed by atoms with Gasteiger partial charge in [-0.3, -0.25) is 4.90 Å². The van der Waals surface area contributed by atoms with Crippen LogP contribution in [0.3, 0.4) is 0 Å². The lowest BCUT2D eigenvalue weighted by atomic mass is 10.2. The highest BCUT2D eigenvalue weighted by molar-refractivity contribution is 4.85. The van der Waals surface area contributed by atoms with Crippen molar-refractivity contribution in [3.05, 3.63) is 0 Å². The van der Waals surface area contributed by atoms with Crippen molar-refractivity contribution in [2.75, 3.05) is 26.2 Å². The highest BCUT2D eigenvalue weighted by Crippen LogP contribution is 2.34. The van der Waals surface area contributed by atoms with Crippen molar-refractivity contribution in [2.24, 2.45) is 17.6 Å². The van der Waals surface area contributed by atoms with E-state index >= 15 is 0 Å². The third-order valence-corrected chi connectivity index (χ3v) is 3.38. The van der Waals surface area contributed by atoms with E-state index in [9.17, 15) is 5.11 Å². The van der Waals surface area contributed by atoms with Crippen molar-refractivity contribution in [3.63, 3.8) is 0 Å². The largest absolute Gasteiger partial charge is 0.395 e. The van der Waals surface area contributed by atoms with Crippen LogP contribution in [-0.4, -0.2) is 42.3 Å². The van der Waals surface area contributed by atoms with Gasteiger partial charge >= 0.3 is 0 Å². The summed E-state index contributed by atoms with van der Waals surface area (Å²) in [6, 6.07) is 0.205. The second-order valence-electron chi connectivity index (χ2n) is 4.91. The maximum atomic E-state index is 9.24. The minimum absolute atomic E-state index is 0.205. The second-order valence-corrected chi connectivity index (χ2v) is 4.91.